The molecule has 0 aliphatic carbocycles. The maximum atomic E-state index is 12.9. The van der Waals surface area contributed by atoms with Gasteiger partial charge in [-0.15, -0.1) is 11.3 Å². The largest absolute Gasteiger partial charge is 0.383 e. The average molecular weight is 336 g/mol. The highest BCUT2D eigenvalue weighted by Gasteiger charge is 2.18. The Morgan fingerprint density at radius 2 is 2.09 bits per heavy atom. The Morgan fingerprint density at radius 3 is 2.70 bits per heavy atom. The van der Waals surface area contributed by atoms with E-state index >= 15 is 0 Å². The van der Waals surface area contributed by atoms with Crippen molar-refractivity contribution in [2.45, 2.75) is 32.7 Å². The van der Waals surface area contributed by atoms with Crippen LogP contribution in [0.4, 0.5) is 4.39 Å². The number of nitrogens with zero attached hydrogens (tertiary/aromatic N) is 1. The third-order valence-electron chi connectivity index (χ3n) is 3.51. The number of benzene rings is 1. The number of carbonyl (C=O) groups is 1. The van der Waals surface area contributed by atoms with Crippen LogP contribution in [-0.2, 0) is 11.2 Å². The number of thiazole rings is 1. The molecule has 1 N–H and O–H groups in total. The number of aryl methyl sites for hydroxylation is 1. The number of ether oxygens (including phenoxy) is 1. The van der Waals surface area contributed by atoms with Crippen molar-refractivity contribution in [3.63, 3.8) is 0 Å². The summed E-state index contributed by atoms with van der Waals surface area (Å²) in [7, 11) is 1.62. The maximum absolute atomic E-state index is 12.9. The van der Waals surface area contributed by atoms with Crippen LogP contribution in [0.1, 0.15) is 39.3 Å². The lowest BCUT2D eigenvalue weighted by Crippen LogP contribution is -2.37. The Hall–Kier alpha value is -1.79. The Labute approximate surface area is 139 Å². The van der Waals surface area contributed by atoms with Gasteiger partial charge in [-0.25, -0.2) is 9.37 Å². The van der Waals surface area contributed by atoms with Gasteiger partial charge < -0.3 is 10.1 Å². The van der Waals surface area contributed by atoms with Gasteiger partial charge in [-0.05, 0) is 31.0 Å². The molecule has 1 atom stereocenters. The fourth-order valence-electron chi connectivity index (χ4n) is 2.23. The van der Waals surface area contributed by atoms with Gasteiger partial charge in [0, 0.05) is 13.5 Å². The summed E-state index contributed by atoms with van der Waals surface area (Å²) < 4.78 is 18.0. The lowest BCUT2D eigenvalue weighted by molar-refractivity contribution is 0.0898. The molecule has 0 radical (unpaired) electrons. The normalized spacial score (nSPS) is 12.2. The average Bonchev–Trinajstić information content (AvgIpc) is 2.89. The number of halogens is 1. The van der Waals surface area contributed by atoms with Crippen LogP contribution in [-0.4, -0.2) is 30.6 Å². The van der Waals surface area contributed by atoms with Crippen molar-refractivity contribution < 1.29 is 13.9 Å². The second-order valence-corrected chi connectivity index (χ2v) is 6.44. The second-order valence-electron chi connectivity index (χ2n) is 5.36. The third kappa shape index (κ3) is 4.84. The molecule has 0 bridgehead atoms. The summed E-state index contributed by atoms with van der Waals surface area (Å²) in [6, 6.07) is 6.32. The summed E-state index contributed by atoms with van der Waals surface area (Å²) >= 11 is 1.38. The van der Waals surface area contributed by atoms with E-state index in [1.54, 1.807) is 19.2 Å². The van der Waals surface area contributed by atoms with Gasteiger partial charge in [-0.1, -0.05) is 19.1 Å². The first-order valence-electron chi connectivity index (χ1n) is 7.54. The van der Waals surface area contributed by atoms with Crippen LogP contribution >= 0.6 is 11.3 Å². The van der Waals surface area contributed by atoms with Crippen molar-refractivity contribution in [3.05, 3.63) is 51.2 Å². The van der Waals surface area contributed by atoms with E-state index in [0.29, 0.717) is 17.9 Å². The molecular formula is C17H21FN2O2S. The zero-order valence-electron chi connectivity index (χ0n) is 13.6. The molecule has 0 saturated heterocycles. The van der Waals surface area contributed by atoms with Gasteiger partial charge in [-0.3, -0.25) is 4.79 Å². The topological polar surface area (TPSA) is 51.2 Å². The smallest absolute Gasteiger partial charge is 0.263 e. The number of nitrogens with one attached hydrogen (secondary N) is 1. The minimum absolute atomic E-state index is 0.00505. The highest BCUT2D eigenvalue weighted by molar-refractivity contribution is 7.13. The molecule has 2 rings (SSSR count). The van der Waals surface area contributed by atoms with Crippen molar-refractivity contribution in [1.29, 1.82) is 0 Å². The maximum Gasteiger partial charge on any atom is 0.263 e. The Morgan fingerprint density at radius 1 is 1.39 bits per heavy atom. The number of hydrogen-bond acceptors (Lipinski definition) is 4. The van der Waals surface area contributed by atoms with E-state index in [9.17, 15) is 9.18 Å². The Balaban J connectivity index is 2.07. The highest BCUT2D eigenvalue weighted by Crippen LogP contribution is 2.21. The summed E-state index contributed by atoms with van der Waals surface area (Å²) in [5.74, 6) is -0.373. The van der Waals surface area contributed by atoms with Crippen LogP contribution < -0.4 is 5.32 Å². The Kier molecular flexibility index (Phi) is 6.24. The zero-order valence-corrected chi connectivity index (χ0v) is 14.4. The fraction of sp³-hybridized carbons (Fsp3) is 0.412. The van der Waals surface area contributed by atoms with E-state index < -0.39 is 0 Å². The molecule has 1 aromatic carbocycles. The minimum Gasteiger partial charge on any atom is -0.383 e. The molecule has 2 aromatic rings. The van der Waals surface area contributed by atoms with Crippen molar-refractivity contribution in [2.24, 2.45) is 0 Å². The van der Waals surface area contributed by atoms with E-state index in [0.717, 1.165) is 22.7 Å². The molecule has 0 fully saturated rings. The van der Waals surface area contributed by atoms with E-state index in [-0.39, 0.29) is 17.8 Å². The molecule has 0 aliphatic heterocycles. The molecule has 23 heavy (non-hydrogen) atoms. The van der Waals surface area contributed by atoms with Crippen molar-refractivity contribution in [2.75, 3.05) is 13.7 Å². The molecule has 1 unspecified atom stereocenters. The number of aromatic nitrogens is 1. The predicted octanol–water partition coefficient (Wildman–Crippen LogP) is 3.34. The molecule has 0 aliphatic rings. The lowest BCUT2D eigenvalue weighted by atomic mass is 10.1. The van der Waals surface area contributed by atoms with E-state index in [1.165, 1.54) is 23.5 Å². The molecule has 1 aromatic heterocycles. The standard InChI is InChI=1S/C17H21FN2O2S/c1-4-14(10-22-3)20-17(21)16-11(2)19-15(23-16)9-12-5-7-13(18)8-6-12/h5-8,14H,4,9-10H2,1-3H3,(H,20,21). The molecule has 124 valence electrons. The fourth-order valence-corrected chi connectivity index (χ4v) is 3.23. The van der Waals surface area contributed by atoms with Gasteiger partial charge >= 0.3 is 0 Å². The minimum atomic E-state index is -0.257. The molecule has 0 spiro atoms. The number of methoxy groups -OCH3 is 1. The van der Waals surface area contributed by atoms with Crippen LogP contribution in [0.15, 0.2) is 24.3 Å². The monoisotopic (exact) mass is 336 g/mol. The second kappa shape index (κ2) is 8.17. The van der Waals surface area contributed by atoms with E-state index in [1.807, 2.05) is 13.8 Å². The number of carbonyl (C=O) groups excluding carboxylic acids is 1. The van der Waals surface area contributed by atoms with Crippen LogP contribution in [0.5, 0.6) is 0 Å². The summed E-state index contributed by atoms with van der Waals surface area (Å²) in [5.41, 5.74) is 1.69. The first-order chi connectivity index (χ1) is 11.0. The molecule has 4 nitrogen and oxygen atoms in total. The van der Waals surface area contributed by atoms with Crippen LogP contribution in [0.3, 0.4) is 0 Å². The Bertz CT molecular complexity index is 655. The first-order valence-corrected chi connectivity index (χ1v) is 8.35. The van der Waals surface area contributed by atoms with Gasteiger partial charge in [0.25, 0.3) is 5.91 Å². The van der Waals surface area contributed by atoms with Gasteiger partial charge in [0.05, 0.1) is 23.4 Å². The highest BCUT2D eigenvalue weighted by atomic mass is 32.1. The lowest BCUT2D eigenvalue weighted by Gasteiger charge is -2.15. The molecule has 1 heterocycles. The van der Waals surface area contributed by atoms with Crippen LogP contribution in [0, 0.1) is 12.7 Å². The molecule has 6 heteroatoms. The van der Waals surface area contributed by atoms with Gasteiger partial charge in [-0.2, -0.15) is 0 Å². The number of hydrogen-bond donors (Lipinski definition) is 1. The summed E-state index contributed by atoms with van der Waals surface area (Å²) in [6.45, 7) is 4.32. The quantitative estimate of drug-likeness (QED) is 0.844. The summed E-state index contributed by atoms with van der Waals surface area (Å²) in [6.07, 6.45) is 1.40. The summed E-state index contributed by atoms with van der Waals surface area (Å²) in [5, 5.41) is 3.81. The number of rotatable bonds is 7. The van der Waals surface area contributed by atoms with Crippen molar-refractivity contribution in [1.82, 2.24) is 10.3 Å². The molecule has 1 amide bonds. The molecule has 0 saturated carbocycles. The zero-order chi connectivity index (χ0) is 16.8. The SMILES string of the molecule is CCC(COC)NC(=O)c1sc(Cc2ccc(F)cc2)nc1C. The van der Waals surface area contributed by atoms with Gasteiger partial charge in [0.15, 0.2) is 0 Å². The van der Waals surface area contributed by atoms with Crippen LogP contribution in [0.2, 0.25) is 0 Å². The van der Waals surface area contributed by atoms with E-state index in [2.05, 4.69) is 10.3 Å². The number of amides is 1. The summed E-state index contributed by atoms with van der Waals surface area (Å²) in [4.78, 5) is 17.5. The van der Waals surface area contributed by atoms with Crippen LogP contribution in [0.25, 0.3) is 0 Å². The van der Waals surface area contributed by atoms with E-state index in [4.69, 9.17) is 4.74 Å². The van der Waals surface area contributed by atoms with Gasteiger partial charge in [0.2, 0.25) is 0 Å². The third-order valence-corrected chi connectivity index (χ3v) is 4.67. The van der Waals surface area contributed by atoms with Crippen molar-refractivity contribution >= 4 is 17.2 Å². The molecular weight excluding hydrogens is 315 g/mol. The first kappa shape index (κ1) is 17.6. The van der Waals surface area contributed by atoms with Gasteiger partial charge in [0.1, 0.15) is 10.7 Å². The predicted molar refractivity (Wildman–Crippen MR) is 89.5 cm³/mol. The van der Waals surface area contributed by atoms with Crippen molar-refractivity contribution in [3.8, 4) is 0 Å².